The van der Waals surface area contributed by atoms with Crippen LogP contribution in [-0.2, 0) is 9.53 Å². The summed E-state index contributed by atoms with van der Waals surface area (Å²) in [5.74, 6) is 2.27. The Morgan fingerprint density at radius 3 is 2.79 bits per heavy atom. The predicted molar refractivity (Wildman–Crippen MR) is 59.6 cm³/mol. The summed E-state index contributed by atoms with van der Waals surface area (Å²) in [6.07, 6.45) is 2.32. The van der Waals surface area contributed by atoms with E-state index in [4.69, 9.17) is 4.74 Å². The van der Waals surface area contributed by atoms with Crippen molar-refractivity contribution in [1.82, 2.24) is 5.32 Å². The average molecular weight is 217 g/mol. The average Bonchev–Trinajstić information content (AvgIpc) is 2.19. The highest BCUT2D eigenvalue weighted by atomic mass is 32.2. The van der Waals surface area contributed by atoms with Gasteiger partial charge in [-0.25, -0.2) is 0 Å². The van der Waals surface area contributed by atoms with Crippen molar-refractivity contribution in [2.24, 2.45) is 0 Å². The van der Waals surface area contributed by atoms with Crippen molar-refractivity contribution in [1.29, 1.82) is 0 Å². The van der Waals surface area contributed by atoms with E-state index >= 15 is 0 Å². The maximum Gasteiger partial charge on any atom is 0.322 e. The molecule has 3 nitrogen and oxygen atoms in total. The number of ether oxygens (including phenoxy) is 1. The lowest BCUT2D eigenvalue weighted by Gasteiger charge is -2.25. The van der Waals surface area contributed by atoms with Crippen LogP contribution in [0.3, 0.4) is 0 Å². The lowest BCUT2D eigenvalue weighted by Crippen LogP contribution is -2.43. The van der Waals surface area contributed by atoms with Crippen molar-refractivity contribution in [2.45, 2.75) is 38.8 Å². The molecular weight excluding hydrogens is 198 g/mol. The van der Waals surface area contributed by atoms with E-state index in [0.29, 0.717) is 12.6 Å². The zero-order valence-corrected chi connectivity index (χ0v) is 9.73. The molecule has 1 N–H and O–H groups in total. The van der Waals surface area contributed by atoms with Crippen LogP contribution in [0.4, 0.5) is 0 Å². The number of carbonyl (C=O) groups excluding carboxylic acids is 1. The number of rotatable bonds is 4. The Balaban J connectivity index is 2.24. The van der Waals surface area contributed by atoms with Crippen LogP contribution in [-0.4, -0.2) is 36.2 Å². The van der Waals surface area contributed by atoms with Crippen LogP contribution in [0.5, 0.6) is 0 Å². The topological polar surface area (TPSA) is 38.3 Å². The highest BCUT2D eigenvalue weighted by Gasteiger charge is 2.20. The Morgan fingerprint density at radius 1 is 1.57 bits per heavy atom. The summed E-state index contributed by atoms with van der Waals surface area (Å²) >= 11 is 1.99. The summed E-state index contributed by atoms with van der Waals surface area (Å²) in [6, 6.07) is 0.332. The Kier molecular flexibility index (Phi) is 5.33. The van der Waals surface area contributed by atoms with Crippen molar-refractivity contribution in [3.05, 3.63) is 0 Å². The maximum atomic E-state index is 11.3. The molecule has 1 fully saturated rings. The predicted octanol–water partition coefficient (Wildman–Crippen LogP) is 1.42. The van der Waals surface area contributed by atoms with Crippen molar-refractivity contribution in [2.75, 3.05) is 18.1 Å². The third-order valence-electron chi connectivity index (χ3n) is 2.35. The first-order chi connectivity index (χ1) is 6.74. The largest absolute Gasteiger partial charge is 0.465 e. The zero-order chi connectivity index (χ0) is 10.4. The van der Waals surface area contributed by atoms with E-state index in [1.807, 2.05) is 25.6 Å². The molecule has 1 unspecified atom stereocenters. The van der Waals surface area contributed by atoms with Gasteiger partial charge in [-0.1, -0.05) is 0 Å². The van der Waals surface area contributed by atoms with Crippen molar-refractivity contribution >= 4 is 17.7 Å². The van der Waals surface area contributed by atoms with Gasteiger partial charge >= 0.3 is 5.97 Å². The van der Waals surface area contributed by atoms with Crippen LogP contribution < -0.4 is 5.32 Å². The second kappa shape index (κ2) is 6.30. The van der Waals surface area contributed by atoms with Crippen molar-refractivity contribution in [3.8, 4) is 0 Å². The minimum Gasteiger partial charge on any atom is -0.465 e. The van der Waals surface area contributed by atoms with Crippen LogP contribution >= 0.6 is 11.8 Å². The van der Waals surface area contributed by atoms with Gasteiger partial charge in [-0.05, 0) is 38.2 Å². The molecule has 1 rings (SSSR count). The molecule has 0 spiro atoms. The highest BCUT2D eigenvalue weighted by Crippen LogP contribution is 2.17. The van der Waals surface area contributed by atoms with Gasteiger partial charge in [-0.15, -0.1) is 0 Å². The molecule has 0 radical (unpaired) electrons. The van der Waals surface area contributed by atoms with Crippen LogP contribution in [0, 0.1) is 0 Å². The minimum absolute atomic E-state index is 0.134. The molecule has 1 aliphatic heterocycles. The summed E-state index contributed by atoms with van der Waals surface area (Å²) in [6.45, 7) is 4.17. The van der Waals surface area contributed by atoms with Gasteiger partial charge in [-0.2, -0.15) is 11.8 Å². The van der Waals surface area contributed by atoms with Gasteiger partial charge in [-0.3, -0.25) is 4.79 Å². The van der Waals surface area contributed by atoms with E-state index in [2.05, 4.69) is 5.32 Å². The fourth-order valence-electron chi connectivity index (χ4n) is 1.55. The van der Waals surface area contributed by atoms with Crippen LogP contribution in [0.25, 0.3) is 0 Å². The zero-order valence-electron chi connectivity index (χ0n) is 8.91. The van der Waals surface area contributed by atoms with E-state index in [9.17, 15) is 4.79 Å². The van der Waals surface area contributed by atoms with Crippen LogP contribution in [0.15, 0.2) is 0 Å². The fraction of sp³-hybridized carbons (Fsp3) is 0.900. The van der Waals surface area contributed by atoms with E-state index in [-0.39, 0.29) is 12.0 Å². The molecule has 1 heterocycles. The molecule has 1 saturated heterocycles. The molecule has 0 saturated carbocycles. The molecule has 4 heteroatoms. The van der Waals surface area contributed by atoms with Gasteiger partial charge in [0.25, 0.3) is 0 Å². The van der Waals surface area contributed by atoms with Gasteiger partial charge < -0.3 is 10.1 Å². The summed E-state index contributed by atoms with van der Waals surface area (Å²) in [5, 5.41) is 3.32. The number of esters is 1. The van der Waals surface area contributed by atoms with E-state index in [1.165, 1.54) is 11.5 Å². The maximum absolute atomic E-state index is 11.3. The molecule has 82 valence electrons. The van der Waals surface area contributed by atoms with Gasteiger partial charge in [0.15, 0.2) is 0 Å². The van der Waals surface area contributed by atoms with Gasteiger partial charge in [0.1, 0.15) is 6.04 Å². The van der Waals surface area contributed by atoms with E-state index in [1.54, 1.807) is 0 Å². The third kappa shape index (κ3) is 3.88. The van der Waals surface area contributed by atoms with Gasteiger partial charge in [0.2, 0.25) is 0 Å². The molecule has 0 aromatic rings. The quantitative estimate of drug-likeness (QED) is 0.723. The monoisotopic (exact) mass is 217 g/mol. The lowest BCUT2D eigenvalue weighted by molar-refractivity contribution is -0.145. The SMILES string of the molecule is CCOC(=O)C(C)NC1CCSCC1. The number of hydrogen-bond donors (Lipinski definition) is 1. The molecule has 0 aromatic carbocycles. The van der Waals surface area contributed by atoms with Crippen LogP contribution in [0.1, 0.15) is 26.7 Å². The van der Waals surface area contributed by atoms with Crippen LogP contribution in [0.2, 0.25) is 0 Å². The third-order valence-corrected chi connectivity index (χ3v) is 3.40. The summed E-state index contributed by atoms with van der Waals surface area (Å²) in [4.78, 5) is 11.3. The number of carbonyl (C=O) groups is 1. The summed E-state index contributed by atoms with van der Waals surface area (Å²) in [7, 11) is 0. The van der Waals surface area contributed by atoms with E-state index < -0.39 is 0 Å². The minimum atomic E-state index is -0.164. The molecule has 1 atom stereocenters. The Hall–Kier alpha value is -0.220. The smallest absolute Gasteiger partial charge is 0.322 e. The van der Waals surface area contributed by atoms with Gasteiger partial charge in [0, 0.05) is 6.04 Å². The molecule has 0 bridgehead atoms. The first-order valence-corrected chi connectivity index (χ1v) is 6.40. The normalized spacial score (nSPS) is 20.4. The number of thioether (sulfide) groups is 1. The first kappa shape index (κ1) is 11.9. The standard InChI is InChI=1S/C10H19NO2S/c1-3-13-10(12)8(2)11-9-4-6-14-7-5-9/h8-9,11H,3-7H2,1-2H3. The Bertz CT molecular complexity index is 181. The second-order valence-corrected chi connectivity index (χ2v) is 4.75. The molecule has 0 amide bonds. The lowest BCUT2D eigenvalue weighted by atomic mass is 10.1. The molecule has 0 aromatic heterocycles. The van der Waals surface area contributed by atoms with Crippen molar-refractivity contribution < 1.29 is 9.53 Å². The summed E-state index contributed by atoms with van der Waals surface area (Å²) < 4.78 is 4.94. The van der Waals surface area contributed by atoms with E-state index in [0.717, 1.165) is 12.8 Å². The van der Waals surface area contributed by atoms with Crippen molar-refractivity contribution in [3.63, 3.8) is 0 Å². The Labute approximate surface area is 90.0 Å². The molecular formula is C10H19NO2S. The number of hydrogen-bond acceptors (Lipinski definition) is 4. The van der Waals surface area contributed by atoms with Gasteiger partial charge in [0.05, 0.1) is 6.61 Å². The molecule has 0 aliphatic carbocycles. The number of nitrogens with one attached hydrogen (secondary N) is 1. The fourth-order valence-corrected chi connectivity index (χ4v) is 2.66. The second-order valence-electron chi connectivity index (χ2n) is 3.53. The molecule has 14 heavy (non-hydrogen) atoms. The summed E-state index contributed by atoms with van der Waals surface area (Å²) in [5.41, 5.74) is 0. The first-order valence-electron chi connectivity index (χ1n) is 5.24. The Morgan fingerprint density at radius 2 is 2.21 bits per heavy atom. The highest BCUT2D eigenvalue weighted by molar-refractivity contribution is 7.99. The molecule has 1 aliphatic rings.